The van der Waals surface area contributed by atoms with Crippen molar-refractivity contribution in [1.29, 1.82) is 0 Å². The van der Waals surface area contributed by atoms with Gasteiger partial charge in [0.15, 0.2) is 0 Å². The number of alkyl halides is 3. The van der Waals surface area contributed by atoms with Crippen LogP contribution in [0, 0.1) is 5.92 Å². The number of carbonyl (C=O) groups excluding carboxylic acids is 1. The summed E-state index contributed by atoms with van der Waals surface area (Å²) in [6, 6.07) is 5.97. The van der Waals surface area contributed by atoms with E-state index in [0.29, 0.717) is 23.1 Å². The first-order valence-corrected chi connectivity index (χ1v) is 11.3. The molecular weight excluding hydrogens is 459 g/mol. The molecule has 35 heavy (non-hydrogen) atoms. The standard InChI is InChI=1S/C24H28F3N7O/c1-14(2)20-23(4,5)32-22(35)34(20)19-10-11-28-21(31-19)30-15(3)18-12-33(13-29-18)17-8-6-16(7-9-17)24(25,26)27/h6-15,20H,1-5H3,(H,32,35)(H,28,30,31)/t15-,20-/m0/s1. The largest absolute Gasteiger partial charge is 0.416 e. The van der Waals surface area contributed by atoms with Crippen molar-refractivity contribution in [3.63, 3.8) is 0 Å². The molecule has 0 radical (unpaired) electrons. The van der Waals surface area contributed by atoms with Crippen molar-refractivity contribution in [3.05, 3.63) is 60.3 Å². The molecule has 11 heteroatoms. The number of carbonyl (C=O) groups is 1. The Balaban J connectivity index is 1.51. The highest BCUT2D eigenvalue weighted by atomic mass is 19.4. The number of urea groups is 1. The molecule has 1 aliphatic rings. The predicted molar refractivity (Wildman–Crippen MR) is 126 cm³/mol. The second-order valence-corrected chi connectivity index (χ2v) is 9.57. The highest BCUT2D eigenvalue weighted by molar-refractivity contribution is 5.95. The number of nitrogens with zero attached hydrogens (tertiary/aromatic N) is 5. The van der Waals surface area contributed by atoms with Crippen molar-refractivity contribution >= 4 is 17.8 Å². The minimum absolute atomic E-state index is 0.0883. The zero-order valence-corrected chi connectivity index (χ0v) is 20.1. The lowest BCUT2D eigenvalue weighted by atomic mass is 9.87. The van der Waals surface area contributed by atoms with Crippen LogP contribution in [0.15, 0.2) is 49.1 Å². The quantitative estimate of drug-likeness (QED) is 0.500. The molecule has 2 amide bonds. The second kappa shape index (κ2) is 8.86. The maximum atomic E-state index is 12.8. The van der Waals surface area contributed by atoms with Gasteiger partial charge < -0.3 is 15.2 Å². The number of halogens is 3. The van der Waals surface area contributed by atoms with Crippen LogP contribution in [0.5, 0.6) is 0 Å². The van der Waals surface area contributed by atoms with Crippen molar-refractivity contribution in [3.8, 4) is 5.69 Å². The van der Waals surface area contributed by atoms with Crippen LogP contribution in [0.1, 0.15) is 51.9 Å². The number of rotatable bonds is 6. The summed E-state index contributed by atoms with van der Waals surface area (Å²) in [5.41, 5.74) is 0.0920. The second-order valence-electron chi connectivity index (χ2n) is 9.57. The van der Waals surface area contributed by atoms with Crippen molar-refractivity contribution < 1.29 is 18.0 Å². The molecule has 2 aromatic heterocycles. The first-order valence-electron chi connectivity index (χ1n) is 11.3. The fraction of sp³-hybridized carbons (Fsp3) is 0.417. The van der Waals surface area contributed by atoms with Crippen LogP contribution in [0.4, 0.5) is 29.7 Å². The van der Waals surface area contributed by atoms with Crippen LogP contribution in [0.25, 0.3) is 5.69 Å². The maximum Gasteiger partial charge on any atom is 0.416 e. The van der Waals surface area contributed by atoms with Gasteiger partial charge in [-0.2, -0.15) is 18.2 Å². The Morgan fingerprint density at radius 2 is 1.77 bits per heavy atom. The molecule has 0 aliphatic carbocycles. The fourth-order valence-corrected chi connectivity index (χ4v) is 4.58. The molecule has 2 N–H and O–H groups in total. The number of benzene rings is 1. The minimum atomic E-state index is -4.38. The van der Waals surface area contributed by atoms with Crippen molar-refractivity contribution in [2.45, 2.75) is 58.4 Å². The number of hydrogen-bond donors (Lipinski definition) is 2. The number of nitrogens with one attached hydrogen (secondary N) is 2. The van der Waals surface area contributed by atoms with Gasteiger partial charge in [-0.25, -0.2) is 14.8 Å². The van der Waals surface area contributed by atoms with Crippen LogP contribution in [0.3, 0.4) is 0 Å². The van der Waals surface area contributed by atoms with Gasteiger partial charge in [0, 0.05) is 18.1 Å². The molecule has 0 bridgehead atoms. The molecule has 1 aliphatic heterocycles. The van der Waals surface area contributed by atoms with Crippen molar-refractivity contribution in [1.82, 2.24) is 24.8 Å². The summed E-state index contributed by atoms with van der Waals surface area (Å²) in [4.78, 5) is 27.6. The molecule has 1 saturated heterocycles. The molecule has 0 unspecified atom stereocenters. The van der Waals surface area contributed by atoms with Crippen LogP contribution in [-0.2, 0) is 6.18 Å². The molecule has 3 heterocycles. The van der Waals surface area contributed by atoms with E-state index < -0.39 is 17.3 Å². The Morgan fingerprint density at radius 3 is 2.40 bits per heavy atom. The van der Waals surface area contributed by atoms with E-state index in [0.717, 1.165) is 12.1 Å². The molecule has 0 spiro atoms. The van der Waals surface area contributed by atoms with Crippen molar-refractivity contribution in [2.75, 3.05) is 10.2 Å². The van der Waals surface area contributed by atoms with Gasteiger partial charge in [0.05, 0.1) is 35.2 Å². The SMILES string of the molecule is CC(C)[C@@H]1N(c2ccnc(N[C@@H](C)c3cn(-c4ccc(C(F)(F)F)cc4)cn3)n2)C(=O)NC1(C)C. The minimum Gasteiger partial charge on any atom is -0.346 e. The van der Waals surface area contributed by atoms with Gasteiger partial charge in [0.1, 0.15) is 5.82 Å². The van der Waals surface area contributed by atoms with E-state index in [9.17, 15) is 18.0 Å². The zero-order valence-electron chi connectivity index (χ0n) is 20.1. The Kier molecular flexibility index (Phi) is 6.20. The van der Waals surface area contributed by atoms with E-state index in [2.05, 4.69) is 39.4 Å². The average molecular weight is 488 g/mol. The van der Waals surface area contributed by atoms with E-state index in [-0.39, 0.29) is 24.0 Å². The summed E-state index contributed by atoms with van der Waals surface area (Å²) < 4.78 is 40.1. The maximum absolute atomic E-state index is 12.8. The van der Waals surface area contributed by atoms with E-state index in [4.69, 9.17) is 0 Å². The van der Waals surface area contributed by atoms with Gasteiger partial charge in [-0.1, -0.05) is 13.8 Å². The molecule has 186 valence electrons. The van der Waals surface area contributed by atoms with Gasteiger partial charge >= 0.3 is 12.2 Å². The molecule has 1 fully saturated rings. The highest BCUT2D eigenvalue weighted by Gasteiger charge is 2.47. The van der Waals surface area contributed by atoms with Gasteiger partial charge in [0.25, 0.3) is 0 Å². The Hall–Kier alpha value is -3.63. The van der Waals surface area contributed by atoms with Crippen LogP contribution in [0.2, 0.25) is 0 Å². The summed E-state index contributed by atoms with van der Waals surface area (Å²) in [5, 5.41) is 6.21. The predicted octanol–water partition coefficient (Wildman–Crippen LogP) is 5.19. The Bertz CT molecular complexity index is 1200. The lowest BCUT2D eigenvalue weighted by Gasteiger charge is -2.33. The first-order chi connectivity index (χ1) is 16.4. The summed E-state index contributed by atoms with van der Waals surface area (Å²) in [6.07, 6.45) is 0.479. The monoisotopic (exact) mass is 487 g/mol. The number of amides is 2. The number of anilines is 2. The summed E-state index contributed by atoms with van der Waals surface area (Å²) in [7, 11) is 0. The molecule has 2 atom stereocenters. The van der Waals surface area contributed by atoms with Gasteiger partial charge in [-0.05, 0) is 57.0 Å². The lowest BCUT2D eigenvalue weighted by Crippen LogP contribution is -2.48. The molecule has 1 aromatic carbocycles. The normalized spacial score (nSPS) is 18.6. The summed E-state index contributed by atoms with van der Waals surface area (Å²) >= 11 is 0. The smallest absolute Gasteiger partial charge is 0.346 e. The lowest BCUT2D eigenvalue weighted by molar-refractivity contribution is -0.137. The number of aromatic nitrogens is 4. The average Bonchev–Trinajstić information content (AvgIpc) is 3.35. The zero-order chi connectivity index (χ0) is 25.5. The van der Waals surface area contributed by atoms with Gasteiger partial charge in [-0.15, -0.1) is 0 Å². The summed E-state index contributed by atoms with van der Waals surface area (Å²) in [6.45, 7) is 9.98. The number of imidazole rings is 1. The third-order valence-corrected chi connectivity index (χ3v) is 6.07. The third-order valence-electron chi connectivity index (χ3n) is 6.07. The van der Waals surface area contributed by atoms with Crippen LogP contribution < -0.4 is 15.5 Å². The molecule has 4 rings (SSSR count). The van der Waals surface area contributed by atoms with E-state index in [1.54, 1.807) is 27.9 Å². The van der Waals surface area contributed by atoms with Gasteiger partial charge in [-0.3, -0.25) is 4.90 Å². The van der Waals surface area contributed by atoms with Crippen LogP contribution >= 0.6 is 0 Å². The molecule has 0 saturated carbocycles. The number of hydrogen-bond acceptors (Lipinski definition) is 5. The molecular formula is C24H28F3N7O. The Labute approximate surface area is 201 Å². The third kappa shape index (κ3) is 4.94. The van der Waals surface area contributed by atoms with E-state index in [1.807, 2.05) is 20.8 Å². The summed E-state index contributed by atoms with van der Waals surface area (Å²) in [5.74, 6) is 1.02. The van der Waals surface area contributed by atoms with E-state index in [1.165, 1.54) is 18.5 Å². The molecule has 8 nitrogen and oxygen atoms in total. The highest BCUT2D eigenvalue weighted by Crippen LogP contribution is 2.33. The fourth-order valence-electron chi connectivity index (χ4n) is 4.58. The topological polar surface area (TPSA) is 88.0 Å². The molecule has 3 aromatic rings. The van der Waals surface area contributed by atoms with Crippen molar-refractivity contribution in [2.24, 2.45) is 5.92 Å². The van der Waals surface area contributed by atoms with Crippen LogP contribution in [-0.4, -0.2) is 37.1 Å². The van der Waals surface area contributed by atoms with E-state index >= 15 is 0 Å². The van der Waals surface area contributed by atoms with Gasteiger partial charge in [0.2, 0.25) is 5.95 Å². The first kappa shape index (κ1) is 24.5. The Morgan fingerprint density at radius 1 is 1.09 bits per heavy atom.